The van der Waals surface area contributed by atoms with E-state index in [0.717, 1.165) is 10.0 Å². The number of hydrogen-bond acceptors (Lipinski definition) is 2. The van der Waals surface area contributed by atoms with Gasteiger partial charge in [-0.15, -0.1) is 0 Å². The normalized spacial score (nSPS) is 19.2. The second-order valence-corrected chi connectivity index (χ2v) is 5.35. The second kappa shape index (κ2) is 6.52. The van der Waals surface area contributed by atoms with Gasteiger partial charge in [-0.25, -0.2) is 0 Å². The van der Waals surface area contributed by atoms with Crippen molar-refractivity contribution in [3.63, 3.8) is 0 Å². The Bertz CT molecular complexity index is 487. The van der Waals surface area contributed by atoms with E-state index in [4.69, 9.17) is 0 Å². The number of hydrogen-bond donors (Lipinski definition) is 2. The largest absolute Gasteiger partial charge is 0.354 e. The van der Waals surface area contributed by atoms with Crippen LogP contribution in [0.5, 0.6) is 0 Å². The van der Waals surface area contributed by atoms with Crippen molar-refractivity contribution in [3.8, 4) is 0 Å². The third kappa shape index (κ3) is 4.52. The van der Waals surface area contributed by atoms with Crippen molar-refractivity contribution in [1.82, 2.24) is 10.6 Å². The van der Waals surface area contributed by atoms with Crippen LogP contribution in [0.15, 0.2) is 34.8 Å². The van der Waals surface area contributed by atoms with Gasteiger partial charge in [0.1, 0.15) is 0 Å². The van der Waals surface area contributed by atoms with Gasteiger partial charge in [0.15, 0.2) is 0 Å². The molecule has 0 spiro atoms. The van der Waals surface area contributed by atoms with Gasteiger partial charge in [-0.2, -0.15) is 0 Å². The zero-order valence-corrected chi connectivity index (χ0v) is 11.9. The molecule has 2 rings (SSSR count). The summed E-state index contributed by atoms with van der Waals surface area (Å²) < 4.78 is 1.01. The highest BCUT2D eigenvalue weighted by atomic mass is 79.9. The SMILES string of the molecule is O=C(C=Cc1ccc(Br)cc1)NC1CCC(=O)NC1. The molecule has 1 atom stereocenters. The van der Waals surface area contributed by atoms with Crippen LogP contribution in [0.4, 0.5) is 0 Å². The van der Waals surface area contributed by atoms with E-state index >= 15 is 0 Å². The minimum atomic E-state index is -0.135. The number of nitrogens with one attached hydrogen (secondary N) is 2. The third-order valence-corrected chi connectivity index (χ3v) is 3.44. The minimum absolute atomic E-state index is 0.0276. The fourth-order valence-corrected chi connectivity index (χ4v) is 2.12. The van der Waals surface area contributed by atoms with Gasteiger partial charge < -0.3 is 10.6 Å². The Morgan fingerprint density at radius 1 is 1.37 bits per heavy atom. The first-order valence-electron chi connectivity index (χ1n) is 6.14. The molecule has 100 valence electrons. The zero-order chi connectivity index (χ0) is 13.7. The predicted molar refractivity (Wildman–Crippen MR) is 77.4 cm³/mol. The van der Waals surface area contributed by atoms with E-state index < -0.39 is 0 Å². The van der Waals surface area contributed by atoms with E-state index in [9.17, 15) is 9.59 Å². The molecular weight excluding hydrogens is 308 g/mol. The van der Waals surface area contributed by atoms with E-state index in [1.807, 2.05) is 24.3 Å². The Morgan fingerprint density at radius 2 is 2.11 bits per heavy atom. The zero-order valence-electron chi connectivity index (χ0n) is 10.4. The molecule has 1 unspecified atom stereocenters. The Hall–Kier alpha value is -1.62. The smallest absolute Gasteiger partial charge is 0.244 e. The molecule has 2 amide bonds. The fraction of sp³-hybridized carbons (Fsp3) is 0.286. The molecule has 1 fully saturated rings. The predicted octanol–water partition coefficient (Wildman–Crippen LogP) is 1.86. The van der Waals surface area contributed by atoms with Crippen LogP contribution >= 0.6 is 15.9 Å². The average molecular weight is 323 g/mol. The Labute approximate surface area is 120 Å². The lowest BCUT2D eigenvalue weighted by Gasteiger charge is -2.22. The molecular formula is C14H15BrN2O2. The monoisotopic (exact) mass is 322 g/mol. The quantitative estimate of drug-likeness (QED) is 0.834. The maximum atomic E-state index is 11.7. The van der Waals surface area contributed by atoms with Gasteiger partial charge in [-0.1, -0.05) is 28.1 Å². The van der Waals surface area contributed by atoms with Gasteiger partial charge in [-0.3, -0.25) is 9.59 Å². The van der Waals surface area contributed by atoms with Crippen LogP contribution in [0.2, 0.25) is 0 Å². The summed E-state index contributed by atoms with van der Waals surface area (Å²) in [5, 5.41) is 5.61. The van der Waals surface area contributed by atoms with Gasteiger partial charge >= 0.3 is 0 Å². The van der Waals surface area contributed by atoms with E-state index in [0.29, 0.717) is 19.4 Å². The number of rotatable bonds is 3. The first-order valence-corrected chi connectivity index (χ1v) is 6.93. The highest BCUT2D eigenvalue weighted by Gasteiger charge is 2.18. The molecule has 0 radical (unpaired) electrons. The number of piperidine rings is 1. The highest BCUT2D eigenvalue weighted by molar-refractivity contribution is 9.10. The van der Waals surface area contributed by atoms with Crippen LogP contribution < -0.4 is 10.6 Å². The summed E-state index contributed by atoms with van der Waals surface area (Å²) in [6.45, 7) is 0.511. The summed E-state index contributed by atoms with van der Waals surface area (Å²) in [7, 11) is 0. The Balaban J connectivity index is 1.83. The van der Waals surface area contributed by atoms with Crippen LogP contribution in [0.3, 0.4) is 0 Å². The second-order valence-electron chi connectivity index (χ2n) is 4.43. The lowest BCUT2D eigenvalue weighted by Crippen LogP contribution is -2.47. The van der Waals surface area contributed by atoms with E-state index in [1.165, 1.54) is 6.08 Å². The summed E-state index contributed by atoms with van der Waals surface area (Å²) in [6.07, 6.45) is 4.45. The number of amides is 2. The molecule has 4 nitrogen and oxygen atoms in total. The molecule has 0 saturated carbocycles. The number of benzene rings is 1. The minimum Gasteiger partial charge on any atom is -0.354 e. The molecule has 1 aliphatic heterocycles. The molecule has 1 aromatic rings. The van der Waals surface area contributed by atoms with E-state index in [1.54, 1.807) is 6.08 Å². The number of carbonyl (C=O) groups excluding carboxylic acids is 2. The lowest BCUT2D eigenvalue weighted by molar-refractivity contribution is -0.124. The van der Waals surface area contributed by atoms with Crippen molar-refractivity contribution in [2.24, 2.45) is 0 Å². The van der Waals surface area contributed by atoms with Crippen molar-refractivity contribution in [2.45, 2.75) is 18.9 Å². The summed E-state index contributed by atoms with van der Waals surface area (Å²) in [4.78, 5) is 22.7. The molecule has 1 aromatic carbocycles. The van der Waals surface area contributed by atoms with Gasteiger partial charge in [0, 0.05) is 29.6 Å². The molecule has 0 aliphatic carbocycles. The van der Waals surface area contributed by atoms with Gasteiger partial charge in [0.2, 0.25) is 11.8 Å². The molecule has 2 N–H and O–H groups in total. The maximum absolute atomic E-state index is 11.7. The standard InChI is InChI=1S/C14H15BrN2O2/c15-11-4-1-10(2-5-11)3-7-14(19)17-12-6-8-13(18)16-9-12/h1-5,7,12H,6,8-9H2,(H,16,18)(H,17,19). The first kappa shape index (κ1) is 13.8. The Morgan fingerprint density at radius 3 is 2.74 bits per heavy atom. The molecule has 1 saturated heterocycles. The van der Waals surface area contributed by atoms with Crippen molar-refractivity contribution in [2.75, 3.05) is 6.54 Å². The van der Waals surface area contributed by atoms with Crippen molar-refractivity contribution in [1.29, 1.82) is 0 Å². The molecule has 0 bridgehead atoms. The van der Waals surface area contributed by atoms with Crippen molar-refractivity contribution in [3.05, 3.63) is 40.4 Å². The van der Waals surface area contributed by atoms with Crippen molar-refractivity contribution < 1.29 is 9.59 Å². The number of carbonyl (C=O) groups is 2. The molecule has 1 aliphatic rings. The Kier molecular flexibility index (Phi) is 4.74. The molecule has 5 heteroatoms. The molecule has 0 aromatic heterocycles. The average Bonchev–Trinajstić information content (AvgIpc) is 2.41. The summed E-state index contributed by atoms with van der Waals surface area (Å²) in [5.74, 6) is -0.0834. The summed E-state index contributed by atoms with van der Waals surface area (Å²) >= 11 is 3.36. The van der Waals surface area contributed by atoms with Crippen LogP contribution in [0, 0.1) is 0 Å². The first-order chi connectivity index (χ1) is 9.13. The van der Waals surface area contributed by atoms with E-state index in [2.05, 4.69) is 26.6 Å². The van der Waals surface area contributed by atoms with Gasteiger partial charge in [-0.05, 0) is 30.2 Å². The summed E-state index contributed by atoms with van der Waals surface area (Å²) in [5.41, 5.74) is 0.968. The van der Waals surface area contributed by atoms with Crippen LogP contribution in [0.1, 0.15) is 18.4 Å². The van der Waals surface area contributed by atoms with E-state index in [-0.39, 0.29) is 17.9 Å². The third-order valence-electron chi connectivity index (χ3n) is 2.91. The molecule has 19 heavy (non-hydrogen) atoms. The van der Waals surface area contributed by atoms with Gasteiger partial charge in [0.05, 0.1) is 0 Å². The highest BCUT2D eigenvalue weighted by Crippen LogP contribution is 2.11. The topological polar surface area (TPSA) is 58.2 Å². The number of halogens is 1. The molecule has 1 heterocycles. The van der Waals surface area contributed by atoms with Gasteiger partial charge in [0.25, 0.3) is 0 Å². The van der Waals surface area contributed by atoms with Crippen molar-refractivity contribution >= 4 is 33.8 Å². The van der Waals surface area contributed by atoms with Crippen LogP contribution in [-0.4, -0.2) is 24.4 Å². The maximum Gasteiger partial charge on any atom is 0.244 e. The lowest BCUT2D eigenvalue weighted by atomic mass is 10.1. The van der Waals surface area contributed by atoms with Crippen LogP contribution in [0.25, 0.3) is 6.08 Å². The van der Waals surface area contributed by atoms with Crippen LogP contribution in [-0.2, 0) is 9.59 Å². The summed E-state index contributed by atoms with van der Waals surface area (Å²) in [6, 6.07) is 7.73. The fourth-order valence-electron chi connectivity index (χ4n) is 1.85.